The number of rotatable bonds is 3. The Bertz CT molecular complexity index is 270. The van der Waals surface area contributed by atoms with Gasteiger partial charge in [0.1, 0.15) is 11.4 Å². The van der Waals surface area contributed by atoms with E-state index >= 15 is 0 Å². The average molecular weight is 227 g/mol. The van der Waals surface area contributed by atoms with Gasteiger partial charge in [-0.15, -0.1) is 0 Å². The van der Waals surface area contributed by atoms with Crippen LogP contribution in [0.5, 0.6) is 0 Å². The number of amides is 1. The minimum absolute atomic E-state index is 0.0347. The lowest BCUT2D eigenvalue weighted by Gasteiger charge is -2.39. The molecule has 0 bridgehead atoms. The zero-order chi connectivity index (χ0) is 12.2. The molecular formula is C11H21N3O2. The molecule has 0 aromatic heterocycles. The van der Waals surface area contributed by atoms with Crippen molar-refractivity contribution in [1.82, 2.24) is 5.32 Å². The van der Waals surface area contributed by atoms with Crippen LogP contribution < -0.4 is 11.1 Å². The van der Waals surface area contributed by atoms with Crippen LogP contribution in [-0.4, -0.2) is 24.6 Å². The van der Waals surface area contributed by atoms with Crippen LogP contribution in [0, 0.1) is 11.3 Å². The lowest BCUT2D eigenvalue weighted by molar-refractivity contribution is 0.151. The number of hydrogen-bond acceptors (Lipinski definition) is 3. The highest BCUT2D eigenvalue weighted by Crippen LogP contribution is 2.33. The van der Waals surface area contributed by atoms with E-state index in [1.807, 2.05) is 0 Å². The molecule has 0 saturated heterocycles. The van der Waals surface area contributed by atoms with Crippen molar-refractivity contribution >= 4 is 11.9 Å². The first-order valence-corrected chi connectivity index (χ1v) is 5.74. The van der Waals surface area contributed by atoms with Crippen molar-refractivity contribution in [2.24, 2.45) is 11.7 Å². The van der Waals surface area contributed by atoms with Crippen LogP contribution in [-0.2, 0) is 4.74 Å². The first-order valence-electron chi connectivity index (χ1n) is 5.74. The summed E-state index contributed by atoms with van der Waals surface area (Å²) in [4.78, 5) is 11.3. The molecule has 0 heterocycles. The summed E-state index contributed by atoms with van der Waals surface area (Å²) in [6, 6.07) is 0. The van der Waals surface area contributed by atoms with Crippen molar-refractivity contribution in [1.29, 1.82) is 5.41 Å². The van der Waals surface area contributed by atoms with Crippen LogP contribution in [0.1, 0.15) is 39.0 Å². The van der Waals surface area contributed by atoms with Crippen molar-refractivity contribution < 1.29 is 9.53 Å². The third-order valence-electron chi connectivity index (χ3n) is 3.58. The first kappa shape index (κ1) is 12.8. The number of nitrogens with one attached hydrogen (secondary N) is 2. The van der Waals surface area contributed by atoms with E-state index in [0.717, 1.165) is 32.1 Å². The molecule has 0 aliphatic heterocycles. The summed E-state index contributed by atoms with van der Waals surface area (Å²) in [6.45, 7) is 2.17. The number of amidine groups is 1. The average Bonchev–Trinajstić information content (AvgIpc) is 2.29. The number of methoxy groups -OCH3 is 1. The zero-order valence-electron chi connectivity index (χ0n) is 10.0. The summed E-state index contributed by atoms with van der Waals surface area (Å²) >= 11 is 0. The monoisotopic (exact) mass is 227 g/mol. The largest absolute Gasteiger partial charge is 0.453 e. The number of ether oxygens (including phenoxy) is 1. The molecule has 1 fully saturated rings. The summed E-state index contributed by atoms with van der Waals surface area (Å²) in [5, 5.41) is 10.4. The Morgan fingerprint density at radius 2 is 2.12 bits per heavy atom. The highest BCUT2D eigenvalue weighted by molar-refractivity contribution is 5.90. The number of carbonyl (C=O) groups is 1. The Hall–Kier alpha value is -1.26. The van der Waals surface area contributed by atoms with Gasteiger partial charge in [-0.25, -0.2) is 4.79 Å². The Morgan fingerprint density at radius 1 is 1.56 bits per heavy atom. The molecule has 1 aliphatic rings. The van der Waals surface area contributed by atoms with Crippen LogP contribution in [0.4, 0.5) is 4.79 Å². The quantitative estimate of drug-likeness (QED) is 0.505. The second-order valence-corrected chi connectivity index (χ2v) is 4.46. The summed E-state index contributed by atoms with van der Waals surface area (Å²) < 4.78 is 4.58. The molecule has 1 aliphatic carbocycles. The van der Waals surface area contributed by atoms with E-state index in [-0.39, 0.29) is 5.84 Å². The number of alkyl carbamates (subject to hydrolysis) is 1. The van der Waals surface area contributed by atoms with Crippen molar-refractivity contribution in [2.45, 2.75) is 44.6 Å². The smallest absolute Gasteiger partial charge is 0.407 e. The third kappa shape index (κ3) is 2.65. The molecule has 0 atom stereocenters. The minimum atomic E-state index is -0.682. The van der Waals surface area contributed by atoms with Crippen molar-refractivity contribution in [3.8, 4) is 0 Å². The van der Waals surface area contributed by atoms with Gasteiger partial charge < -0.3 is 15.8 Å². The Morgan fingerprint density at radius 3 is 2.50 bits per heavy atom. The summed E-state index contributed by atoms with van der Waals surface area (Å²) in [5.41, 5.74) is 4.92. The lowest BCUT2D eigenvalue weighted by atomic mass is 9.75. The predicted octanol–water partition coefficient (Wildman–Crippen LogP) is 1.62. The van der Waals surface area contributed by atoms with Crippen LogP contribution >= 0.6 is 0 Å². The molecule has 92 valence electrons. The van der Waals surface area contributed by atoms with Gasteiger partial charge >= 0.3 is 6.09 Å². The molecule has 1 rings (SSSR count). The number of carbonyl (C=O) groups excluding carboxylic acids is 1. The fraction of sp³-hybridized carbons (Fsp3) is 0.818. The molecular weight excluding hydrogens is 206 g/mol. The molecule has 5 nitrogen and oxygen atoms in total. The van der Waals surface area contributed by atoms with Gasteiger partial charge in [0.15, 0.2) is 0 Å². The molecule has 1 saturated carbocycles. The fourth-order valence-electron chi connectivity index (χ4n) is 2.29. The van der Waals surface area contributed by atoms with E-state index in [2.05, 4.69) is 17.0 Å². The summed E-state index contributed by atoms with van der Waals surface area (Å²) in [7, 11) is 1.32. The van der Waals surface area contributed by atoms with Gasteiger partial charge in [0, 0.05) is 0 Å². The number of hydrogen-bond donors (Lipinski definition) is 3. The molecule has 0 unspecified atom stereocenters. The maximum absolute atomic E-state index is 11.3. The Balaban J connectivity index is 2.68. The van der Waals surface area contributed by atoms with E-state index in [4.69, 9.17) is 11.1 Å². The topological polar surface area (TPSA) is 88.2 Å². The summed E-state index contributed by atoms with van der Waals surface area (Å²) in [5.74, 6) is 0.722. The minimum Gasteiger partial charge on any atom is -0.453 e. The second kappa shape index (κ2) is 5.18. The first-order chi connectivity index (χ1) is 7.54. The van der Waals surface area contributed by atoms with Crippen molar-refractivity contribution in [3.05, 3.63) is 0 Å². The van der Waals surface area contributed by atoms with E-state index < -0.39 is 11.6 Å². The van der Waals surface area contributed by atoms with Gasteiger partial charge in [0.25, 0.3) is 0 Å². The van der Waals surface area contributed by atoms with E-state index in [1.54, 1.807) is 0 Å². The zero-order valence-corrected chi connectivity index (χ0v) is 10.0. The lowest BCUT2D eigenvalue weighted by Crippen LogP contribution is -2.58. The van der Waals surface area contributed by atoms with Crippen LogP contribution in [0.25, 0.3) is 0 Å². The normalized spacial score (nSPS) is 29.5. The van der Waals surface area contributed by atoms with E-state index in [9.17, 15) is 4.79 Å². The number of nitrogens with two attached hydrogens (primary N) is 1. The maximum Gasteiger partial charge on any atom is 0.407 e. The molecule has 0 radical (unpaired) electrons. The second-order valence-electron chi connectivity index (χ2n) is 4.46. The molecule has 16 heavy (non-hydrogen) atoms. The van der Waals surface area contributed by atoms with Crippen LogP contribution in [0.2, 0.25) is 0 Å². The predicted molar refractivity (Wildman–Crippen MR) is 62.4 cm³/mol. The standard InChI is InChI=1S/C11H21N3O2/c1-3-8-4-6-11(7-5-8,9(12)13)14-10(15)16-2/h8H,3-7H2,1-2H3,(H3,12,13)(H,14,15). The van der Waals surface area contributed by atoms with Crippen molar-refractivity contribution in [3.63, 3.8) is 0 Å². The highest BCUT2D eigenvalue weighted by atomic mass is 16.5. The molecule has 0 aromatic carbocycles. The molecule has 0 spiro atoms. The van der Waals surface area contributed by atoms with Crippen LogP contribution in [0.15, 0.2) is 0 Å². The summed E-state index contributed by atoms with van der Waals surface area (Å²) in [6.07, 6.45) is 4.10. The molecule has 1 amide bonds. The van der Waals surface area contributed by atoms with Gasteiger partial charge in [0.2, 0.25) is 0 Å². The maximum atomic E-state index is 11.3. The van der Waals surface area contributed by atoms with E-state index in [1.165, 1.54) is 7.11 Å². The van der Waals surface area contributed by atoms with Crippen LogP contribution in [0.3, 0.4) is 0 Å². The fourth-order valence-corrected chi connectivity index (χ4v) is 2.29. The van der Waals surface area contributed by atoms with Gasteiger partial charge in [-0.1, -0.05) is 13.3 Å². The molecule has 4 N–H and O–H groups in total. The molecule has 0 aromatic rings. The van der Waals surface area contributed by atoms with Crippen molar-refractivity contribution in [2.75, 3.05) is 7.11 Å². The third-order valence-corrected chi connectivity index (χ3v) is 3.58. The van der Waals surface area contributed by atoms with E-state index in [0.29, 0.717) is 5.92 Å². The molecule has 5 heteroatoms. The highest BCUT2D eigenvalue weighted by Gasteiger charge is 2.39. The SMILES string of the molecule is CCC1CCC(NC(=O)OC)(C(=N)N)CC1. The van der Waals surface area contributed by atoms with Gasteiger partial charge in [-0.3, -0.25) is 5.41 Å². The van der Waals surface area contributed by atoms with Gasteiger partial charge in [-0.05, 0) is 31.6 Å². The Kier molecular flexibility index (Phi) is 4.15. The Labute approximate surface area is 96.2 Å². The van der Waals surface area contributed by atoms with Gasteiger partial charge in [-0.2, -0.15) is 0 Å². The van der Waals surface area contributed by atoms with Gasteiger partial charge in [0.05, 0.1) is 7.11 Å².